The molecule has 2 unspecified atom stereocenters. The molecule has 0 spiro atoms. The maximum absolute atomic E-state index is 2.44. The molecular weight excluding hydrogens is 522 g/mol. The summed E-state index contributed by atoms with van der Waals surface area (Å²) in [5.74, 6) is 2.00. The van der Waals surface area contributed by atoms with Gasteiger partial charge in [0.05, 0.1) is 0 Å². The van der Waals surface area contributed by atoms with Crippen molar-refractivity contribution in [3.8, 4) is 0 Å². The van der Waals surface area contributed by atoms with Crippen molar-refractivity contribution >= 4 is 21.5 Å². The molecule has 0 fully saturated rings. The molecule has 0 aromatic heterocycles. The molecule has 4 rings (SSSR count). The van der Waals surface area contributed by atoms with Crippen molar-refractivity contribution in [3.05, 3.63) is 81.9 Å². The fourth-order valence-electron chi connectivity index (χ4n) is 5.69. The monoisotopic (exact) mass is 556 g/mol. The van der Waals surface area contributed by atoms with Crippen LogP contribution in [0, 0.1) is 13.8 Å². The third kappa shape index (κ3) is 5.22. The molecule has 0 heterocycles. The molecule has 0 amide bonds. The summed E-state index contributed by atoms with van der Waals surface area (Å²) in [4.78, 5) is 0. The number of hydrogen-bond acceptors (Lipinski definition) is 0. The first-order valence-electron chi connectivity index (χ1n) is 11.6. The average molecular weight is 559 g/mol. The third-order valence-electron chi connectivity index (χ3n) is 7.29. The molecule has 0 N–H and O–H groups in total. The van der Waals surface area contributed by atoms with Gasteiger partial charge in [-0.1, -0.05) is 90.5 Å². The summed E-state index contributed by atoms with van der Waals surface area (Å²) in [6.07, 6.45) is 0. The SMILES string of the molecule is Cc1[cH-]c2cccc(C(C)C)c2c1C(C)C(C)c1c(C)[cH-]c2cccc(C(C)C)c12.[Cl-].[Cl-].[Zr+4]. The number of hydrogen-bond donors (Lipinski definition) is 0. The molecule has 0 aliphatic rings. The Morgan fingerprint density at radius 1 is 0.576 bits per heavy atom. The Balaban J connectivity index is 0.00000181. The van der Waals surface area contributed by atoms with E-state index in [4.69, 9.17) is 0 Å². The van der Waals surface area contributed by atoms with Crippen molar-refractivity contribution in [2.24, 2.45) is 0 Å². The molecule has 174 valence electrons. The van der Waals surface area contributed by atoms with Crippen molar-refractivity contribution in [3.63, 3.8) is 0 Å². The van der Waals surface area contributed by atoms with Crippen LogP contribution in [-0.4, -0.2) is 0 Å². The molecular formula is C30H36Cl2Zr. The zero-order chi connectivity index (χ0) is 21.7. The quantitative estimate of drug-likeness (QED) is 0.330. The maximum Gasteiger partial charge on any atom is 4.00 e. The number of rotatable bonds is 5. The number of benzene rings is 2. The van der Waals surface area contributed by atoms with E-state index in [2.05, 4.69) is 104 Å². The minimum absolute atomic E-state index is 0. The minimum Gasteiger partial charge on any atom is -1.00 e. The Bertz CT molecular complexity index is 1110. The Hall–Kier alpha value is -0.877. The van der Waals surface area contributed by atoms with Crippen LogP contribution in [0.4, 0.5) is 0 Å². The summed E-state index contributed by atoms with van der Waals surface area (Å²) >= 11 is 0. The van der Waals surface area contributed by atoms with Crippen LogP contribution in [-0.2, 0) is 26.2 Å². The molecule has 0 aliphatic carbocycles. The van der Waals surface area contributed by atoms with Crippen LogP contribution in [0.15, 0.2) is 48.5 Å². The van der Waals surface area contributed by atoms with E-state index in [0.717, 1.165) is 0 Å². The van der Waals surface area contributed by atoms with Crippen LogP contribution < -0.4 is 24.8 Å². The van der Waals surface area contributed by atoms with Crippen molar-refractivity contribution in [2.75, 3.05) is 0 Å². The van der Waals surface area contributed by atoms with Gasteiger partial charge in [0.15, 0.2) is 0 Å². The molecule has 0 aliphatic heterocycles. The molecule has 0 saturated heterocycles. The number of aryl methyl sites for hydroxylation is 2. The van der Waals surface area contributed by atoms with Crippen molar-refractivity contribution in [2.45, 2.75) is 79.1 Å². The van der Waals surface area contributed by atoms with Crippen molar-refractivity contribution in [1.29, 1.82) is 0 Å². The van der Waals surface area contributed by atoms with Gasteiger partial charge in [0.25, 0.3) is 0 Å². The second-order valence-electron chi connectivity index (χ2n) is 9.99. The third-order valence-corrected chi connectivity index (χ3v) is 7.29. The van der Waals surface area contributed by atoms with Gasteiger partial charge in [-0.2, -0.15) is 0 Å². The van der Waals surface area contributed by atoms with Gasteiger partial charge in [0.2, 0.25) is 0 Å². The first kappa shape index (κ1) is 30.2. The number of fused-ring (bicyclic) bond motifs is 2. The van der Waals surface area contributed by atoms with E-state index >= 15 is 0 Å². The smallest absolute Gasteiger partial charge is 1.00 e. The van der Waals surface area contributed by atoms with Gasteiger partial charge >= 0.3 is 26.2 Å². The average Bonchev–Trinajstić information content (AvgIpc) is 3.21. The van der Waals surface area contributed by atoms with E-state index in [1.807, 2.05) is 0 Å². The van der Waals surface area contributed by atoms with Gasteiger partial charge in [-0.15, -0.1) is 80.2 Å². The molecule has 0 bridgehead atoms. The molecule has 4 aromatic carbocycles. The Kier molecular flexibility index (Phi) is 10.7. The summed E-state index contributed by atoms with van der Waals surface area (Å²) in [5, 5.41) is 5.81. The van der Waals surface area contributed by atoms with E-state index in [-0.39, 0.29) is 51.0 Å². The molecule has 2 atom stereocenters. The van der Waals surface area contributed by atoms with Crippen LogP contribution in [0.5, 0.6) is 0 Å². The summed E-state index contributed by atoms with van der Waals surface area (Å²) in [7, 11) is 0. The Labute approximate surface area is 232 Å². The van der Waals surface area contributed by atoms with Gasteiger partial charge in [-0.05, 0) is 11.8 Å². The fourth-order valence-corrected chi connectivity index (χ4v) is 5.69. The van der Waals surface area contributed by atoms with Crippen LogP contribution in [0.25, 0.3) is 21.5 Å². The maximum atomic E-state index is 2.44. The standard InChI is InChI=1S/C30H36.2ClH.Zr/c1-17(2)25-13-9-11-23-15-19(5)27(29(23)25)21(7)22(8)28-20(6)16-24-12-10-14-26(18(3)4)30(24)28;;;/h9-18,21-22H,1-8H3;2*1H;/q-2;;;+4/p-2. The van der Waals surface area contributed by atoms with Crippen molar-refractivity contribution in [1.82, 2.24) is 0 Å². The van der Waals surface area contributed by atoms with E-state index < -0.39 is 0 Å². The first-order chi connectivity index (χ1) is 14.2. The summed E-state index contributed by atoms with van der Waals surface area (Å²) in [6.45, 7) is 18.8. The second-order valence-corrected chi connectivity index (χ2v) is 9.99. The predicted molar refractivity (Wildman–Crippen MR) is 134 cm³/mol. The Morgan fingerprint density at radius 2 is 0.909 bits per heavy atom. The normalized spacial score (nSPS) is 13.0. The zero-order valence-corrected chi connectivity index (χ0v) is 25.2. The van der Waals surface area contributed by atoms with E-state index in [0.29, 0.717) is 23.7 Å². The van der Waals surface area contributed by atoms with Gasteiger partial charge < -0.3 is 24.8 Å². The Morgan fingerprint density at radius 3 is 1.21 bits per heavy atom. The van der Waals surface area contributed by atoms with Gasteiger partial charge in [0.1, 0.15) is 0 Å². The van der Waals surface area contributed by atoms with Gasteiger partial charge in [0, 0.05) is 0 Å². The summed E-state index contributed by atoms with van der Waals surface area (Å²) in [5.41, 5.74) is 8.96. The van der Waals surface area contributed by atoms with Crippen molar-refractivity contribution < 1.29 is 51.0 Å². The second kappa shape index (κ2) is 11.7. The van der Waals surface area contributed by atoms with E-state index in [9.17, 15) is 0 Å². The molecule has 0 radical (unpaired) electrons. The van der Waals surface area contributed by atoms with Crippen LogP contribution in [0.2, 0.25) is 0 Å². The largest absolute Gasteiger partial charge is 4.00 e. The number of halogens is 2. The van der Waals surface area contributed by atoms with Crippen LogP contribution in [0.3, 0.4) is 0 Å². The molecule has 33 heavy (non-hydrogen) atoms. The van der Waals surface area contributed by atoms with Gasteiger partial charge in [-0.3, -0.25) is 0 Å². The predicted octanol–water partition coefficient (Wildman–Crippen LogP) is 3.21. The fraction of sp³-hybridized carbons (Fsp3) is 0.400. The van der Waals surface area contributed by atoms with Crippen LogP contribution in [0.1, 0.15) is 98.6 Å². The van der Waals surface area contributed by atoms with E-state index in [1.165, 1.54) is 43.8 Å². The topological polar surface area (TPSA) is 0 Å². The summed E-state index contributed by atoms with van der Waals surface area (Å²) < 4.78 is 0. The molecule has 3 heteroatoms. The molecule has 4 aromatic rings. The van der Waals surface area contributed by atoms with Gasteiger partial charge in [-0.25, -0.2) is 0 Å². The zero-order valence-electron chi connectivity index (χ0n) is 21.2. The van der Waals surface area contributed by atoms with Crippen LogP contribution >= 0.6 is 0 Å². The minimum atomic E-state index is 0. The molecule has 0 saturated carbocycles. The van der Waals surface area contributed by atoms with E-state index in [1.54, 1.807) is 11.1 Å². The first-order valence-corrected chi connectivity index (χ1v) is 11.6. The molecule has 0 nitrogen and oxygen atoms in total. The summed E-state index contributed by atoms with van der Waals surface area (Å²) in [6, 6.07) is 18.5.